The molecule has 1 aliphatic heterocycles. The summed E-state index contributed by atoms with van der Waals surface area (Å²) in [6.45, 7) is 3.58. The van der Waals surface area contributed by atoms with Crippen LogP contribution >= 0.6 is 0 Å². The number of aromatic nitrogens is 6. The first-order valence-corrected chi connectivity index (χ1v) is 12.5. The van der Waals surface area contributed by atoms with Crippen LogP contribution in [0, 0.1) is 0 Å². The first kappa shape index (κ1) is 23.4. The molecule has 0 radical (unpaired) electrons. The van der Waals surface area contributed by atoms with Gasteiger partial charge in [0.25, 0.3) is 0 Å². The van der Waals surface area contributed by atoms with E-state index in [9.17, 15) is 0 Å². The monoisotopic (exact) mass is 497 g/mol. The van der Waals surface area contributed by atoms with Crippen molar-refractivity contribution in [2.24, 2.45) is 7.05 Å². The maximum atomic E-state index is 5.16. The Morgan fingerprint density at radius 1 is 1.11 bits per heavy atom. The summed E-state index contributed by atoms with van der Waals surface area (Å²) >= 11 is 0. The summed E-state index contributed by atoms with van der Waals surface area (Å²) in [6.07, 6.45) is 10.7. The van der Waals surface area contributed by atoms with Gasteiger partial charge in [-0.05, 0) is 24.0 Å². The third-order valence-corrected chi connectivity index (χ3v) is 6.98. The molecule has 0 spiro atoms. The van der Waals surface area contributed by atoms with Crippen LogP contribution < -0.4 is 10.7 Å². The van der Waals surface area contributed by atoms with Gasteiger partial charge in [0.05, 0.1) is 36.4 Å². The van der Waals surface area contributed by atoms with Crippen LogP contribution in [0.4, 0.5) is 5.95 Å². The van der Waals surface area contributed by atoms with E-state index in [2.05, 4.69) is 58.2 Å². The van der Waals surface area contributed by atoms with Gasteiger partial charge in [-0.3, -0.25) is 9.36 Å². The number of aryl methyl sites for hydroxylation is 1. The van der Waals surface area contributed by atoms with Crippen molar-refractivity contribution in [2.45, 2.75) is 32.0 Å². The van der Waals surface area contributed by atoms with E-state index in [-0.39, 0.29) is 6.17 Å². The van der Waals surface area contributed by atoms with Crippen molar-refractivity contribution in [1.29, 1.82) is 0 Å². The molecule has 10 heteroatoms. The van der Waals surface area contributed by atoms with Gasteiger partial charge in [-0.15, -0.1) is 0 Å². The zero-order chi connectivity index (χ0) is 25.5. The quantitative estimate of drug-likeness (QED) is 0.401. The van der Waals surface area contributed by atoms with Crippen molar-refractivity contribution in [3.05, 3.63) is 66.4 Å². The number of benzene rings is 1. The van der Waals surface area contributed by atoms with Crippen LogP contribution in [-0.4, -0.2) is 61.5 Å². The third kappa shape index (κ3) is 4.38. The third-order valence-electron chi connectivity index (χ3n) is 6.98. The maximum absolute atomic E-state index is 5.16. The number of anilines is 1. The van der Waals surface area contributed by atoms with Gasteiger partial charge in [0, 0.05) is 62.1 Å². The lowest BCUT2D eigenvalue weighted by Crippen LogP contribution is -2.37. The molecule has 0 amide bonds. The fraction of sp³-hybridized carbons (Fsp3) is 0.333. The van der Waals surface area contributed by atoms with Crippen LogP contribution in [-0.2, 0) is 24.8 Å². The van der Waals surface area contributed by atoms with Crippen molar-refractivity contribution in [2.75, 3.05) is 26.1 Å². The first-order valence-electron chi connectivity index (χ1n) is 12.5. The minimum absolute atomic E-state index is 0.0525. The first-order chi connectivity index (χ1) is 18.0. The van der Waals surface area contributed by atoms with Crippen LogP contribution in [0.3, 0.4) is 0 Å². The molecule has 2 atom stereocenters. The largest absolute Gasteiger partial charge is 0.383 e. The van der Waals surface area contributed by atoms with E-state index >= 15 is 0 Å². The number of fused-ring (bicyclic) bond motifs is 3. The molecule has 3 aromatic heterocycles. The smallest absolute Gasteiger partial charge is 0.224 e. The summed E-state index contributed by atoms with van der Waals surface area (Å²) < 4.78 is 9.05. The number of rotatable bonds is 7. The Balaban J connectivity index is 1.34. The van der Waals surface area contributed by atoms with Crippen molar-refractivity contribution in [3.8, 4) is 33.6 Å². The number of nitrogens with one attached hydrogen (secondary N) is 2. The summed E-state index contributed by atoms with van der Waals surface area (Å²) in [5.74, 6) is 0.888. The Morgan fingerprint density at radius 2 is 1.92 bits per heavy atom. The molecule has 2 unspecified atom stereocenters. The minimum atomic E-state index is -0.0525. The summed E-state index contributed by atoms with van der Waals surface area (Å²) in [5, 5.41) is 14.6. The molecular weight excluding hydrogens is 466 g/mol. The summed E-state index contributed by atoms with van der Waals surface area (Å²) in [7, 11) is 5.67. The molecule has 0 fully saturated rings. The Hall–Kier alpha value is -4.02. The van der Waals surface area contributed by atoms with E-state index < -0.39 is 0 Å². The molecule has 0 saturated carbocycles. The molecule has 1 aliphatic carbocycles. The van der Waals surface area contributed by atoms with E-state index in [1.165, 1.54) is 0 Å². The second-order valence-corrected chi connectivity index (χ2v) is 9.66. The lowest BCUT2D eigenvalue weighted by Gasteiger charge is -2.23. The van der Waals surface area contributed by atoms with E-state index in [0.29, 0.717) is 18.5 Å². The molecular formula is C27H31N9O. The molecule has 2 aliphatic rings. The van der Waals surface area contributed by atoms with Crippen LogP contribution in [0.5, 0.6) is 0 Å². The fourth-order valence-corrected chi connectivity index (χ4v) is 5.10. The number of methoxy groups -OCH3 is 1. The van der Waals surface area contributed by atoms with E-state index in [0.717, 1.165) is 57.9 Å². The van der Waals surface area contributed by atoms with Crippen LogP contribution in [0.25, 0.3) is 33.6 Å². The molecule has 0 saturated heterocycles. The van der Waals surface area contributed by atoms with Gasteiger partial charge in [-0.1, -0.05) is 31.2 Å². The van der Waals surface area contributed by atoms with Gasteiger partial charge in [0.2, 0.25) is 5.95 Å². The van der Waals surface area contributed by atoms with Gasteiger partial charge in [-0.25, -0.2) is 15.4 Å². The molecule has 4 heterocycles. The predicted molar refractivity (Wildman–Crippen MR) is 142 cm³/mol. The minimum Gasteiger partial charge on any atom is -0.383 e. The molecule has 0 bridgehead atoms. The van der Waals surface area contributed by atoms with Crippen LogP contribution in [0.2, 0.25) is 0 Å². The van der Waals surface area contributed by atoms with Gasteiger partial charge in [0.15, 0.2) is 0 Å². The normalized spacial score (nSPS) is 18.2. The van der Waals surface area contributed by atoms with Gasteiger partial charge >= 0.3 is 0 Å². The number of hydrogen-bond donors (Lipinski definition) is 2. The van der Waals surface area contributed by atoms with Crippen molar-refractivity contribution in [3.63, 3.8) is 0 Å². The highest BCUT2D eigenvalue weighted by Gasteiger charge is 2.31. The number of hydrogen-bond acceptors (Lipinski definition) is 8. The molecule has 2 N–H and O–H groups in total. The lowest BCUT2D eigenvalue weighted by atomic mass is 9.84. The molecule has 4 aromatic rings. The second-order valence-electron chi connectivity index (χ2n) is 9.66. The Kier molecular flexibility index (Phi) is 5.97. The van der Waals surface area contributed by atoms with Crippen molar-refractivity contribution >= 4 is 5.95 Å². The Morgan fingerprint density at radius 3 is 2.68 bits per heavy atom. The van der Waals surface area contributed by atoms with Gasteiger partial charge in [-0.2, -0.15) is 10.2 Å². The van der Waals surface area contributed by atoms with Crippen LogP contribution in [0.1, 0.15) is 24.1 Å². The Bertz CT molecular complexity index is 1450. The highest BCUT2D eigenvalue weighted by atomic mass is 16.5. The summed E-state index contributed by atoms with van der Waals surface area (Å²) in [4.78, 5) is 9.62. The SMILES string of the molecule is COCCn1cc(-c2ccc(-c3c4c(nn3C)CC(C)c3cnc(NC5C=CN(C)N5)nc3-4)cc2)cn1. The second kappa shape index (κ2) is 9.45. The van der Waals surface area contributed by atoms with Crippen molar-refractivity contribution in [1.82, 2.24) is 40.0 Å². The lowest BCUT2D eigenvalue weighted by molar-refractivity contribution is 0.183. The molecule has 10 nitrogen and oxygen atoms in total. The average Bonchev–Trinajstić information content (AvgIpc) is 3.61. The average molecular weight is 498 g/mol. The summed E-state index contributed by atoms with van der Waals surface area (Å²) in [5.41, 5.74) is 11.9. The Labute approximate surface area is 216 Å². The molecule has 37 heavy (non-hydrogen) atoms. The highest BCUT2D eigenvalue weighted by Crippen LogP contribution is 2.43. The van der Waals surface area contributed by atoms with Gasteiger partial charge in [0.1, 0.15) is 6.17 Å². The number of ether oxygens (including phenoxy) is 1. The molecule has 190 valence electrons. The maximum Gasteiger partial charge on any atom is 0.224 e. The van der Waals surface area contributed by atoms with E-state index in [1.54, 1.807) is 7.11 Å². The number of hydrazine groups is 1. The summed E-state index contributed by atoms with van der Waals surface area (Å²) in [6, 6.07) is 8.58. The topological polar surface area (TPSA) is 98.0 Å². The van der Waals surface area contributed by atoms with Gasteiger partial charge < -0.3 is 15.1 Å². The predicted octanol–water partition coefficient (Wildman–Crippen LogP) is 3.42. The van der Waals surface area contributed by atoms with Crippen LogP contribution in [0.15, 0.2) is 55.1 Å². The zero-order valence-corrected chi connectivity index (χ0v) is 21.5. The fourth-order valence-electron chi connectivity index (χ4n) is 5.10. The molecule has 6 rings (SSSR count). The number of nitrogens with zero attached hydrogens (tertiary/aromatic N) is 7. The van der Waals surface area contributed by atoms with Crippen molar-refractivity contribution < 1.29 is 4.74 Å². The van der Waals surface area contributed by atoms with E-state index in [1.807, 2.05) is 53.1 Å². The molecule has 1 aromatic carbocycles. The highest BCUT2D eigenvalue weighted by molar-refractivity contribution is 5.85. The zero-order valence-electron chi connectivity index (χ0n) is 21.5. The standard InChI is InChI=1S/C27H31N9O/c1-17-13-22-24(25-21(17)15-28-27(31-25)30-23-9-10-34(2)33-23)26(35(3)32-22)19-7-5-18(6-8-19)20-14-29-36(16-20)11-12-37-4/h5-10,14-17,23,33H,11-13H2,1-4H3,(H,28,30,31). The van der Waals surface area contributed by atoms with E-state index in [4.69, 9.17) is 14.8 Å².